The summed E-state index contributed by atoms with van der Waals surface area (Å²) in [6.07, 6.45) is 1.71. The van der Waals surface area contributed by atoms with Crippen molar-refractivity contribution >= 4 is 5.91 Å². The fraction of sp³-hybridized carbons (Fsp3) is 0.333. The van der Waals surface area contributed by atoms with E-state index in [9.17, 15) is 4.79 Å². The molecule has 1 N–H and O–H groups in total. The van der Waals surface area contributed by atoms with Crippen molar-refractivity contribution in [1.29, 1.82) is 0 Å². The molecule has 0 unspecified atom stereocenters. The molecule has 0 aliphatic rings. The molecular weight excluding hydrogens is 276 g/mol. The zero-order chi connectivity index (χ0) is 16.0. The molecule has 1 amide bonds. The van der Waals surface area contributed by atoms with Crippen LogP contribution in [0.25, 0.3) is 0 Å². The summed E-state index contributed by atoms with van der Waals surface area (Å²) in [5.41, 5.74) is 1.89. The average molecular weight is 298 g/mol. The molecule has 2 rings (SSSR count). The second-order valence-corrected chi connectivity index (χ2v) is 6.13. The largest absolute Gasteiger partial charge is 0.483 e. The standard InChI is InChI=1S/C18H22N2O2/c1-18(2,3)15-9-4-5-10-16(15)22-13-17(21)20-12-14-8-6-7-11-19-14/h4-11H,12-13H2,1-3H3,(H,20,21). The molecule has 0 radical (unpaired) electrons. The van der Waals surface area contributed by atoms with Crippen LogP contribution >= 0.6 is 0 Å². The molecule has 4 heteroatoms. The van der Waals surface area contributed by atoms with Crippen LogP contribution < -0.4 is 10.1 Å². The van der Waals surface area contributed by atoms with Crippen molar-refractivity contribution in [3.8, 4) is 5.75 Å². The van der Waals surface area contributed by atoms with Crippen LogP contribution in [0.3, 0.4) is 0 Å². The zero-order valence-corrected chi connectivity index (χ0v) is 13.3. The Labute approximate surface area is 131 Å². The summed E-state index contributed by atoms with van der Waals surface area (Å²) >= 11 is 0. The lowest BCUT2D eigenvalue weighted by molar-refractivity contribution is -0.123. The van der Waals surface area contributed by atoms with Gasteiger partial charge in [-0.1, -0.05) is 45.0 Å². The number of nitrogens with one attached hydrogen (secondary N) is 1. The quantitative estimate of drug-likeness (QED) is 0.923. The van der Waals surface area contributed by atoms with Crippen molar-refractivity contribution in [2.75, 3.05) is 6.61 Å². The SMILES string of the molecule is CC(C)(C)c1ccccc1OCC(=O)NCc1ccccn1. The summed E-state index contributed by atoms with van der Waals surface area (Å²) < 4.78 is 5.68. The van der Waals surface area contributed by atoms with Crippen molar-refractivity contribution in [1.82, 2.24) is 10.3 Å². The van der Waals surface area contributed by atoms with E-state index in [2.05, 4.69) is 31.1 Å². The summed E-state index contributed by atoms with van der Waals surface area (Å²) in [5.74, 6) is 0.595. The van der Waals surface area contributed by atoms with Crippen LogP contribution in [0.15, 0.2) is 48.7 Å². The van der Waals surface area contributed by atoms with E-state index in [0.29, 0.717) is 6.54 Å². The normalized spacial score (nSPS) is 11.0. The van der Waals surface area contributed by atoms with E-state index in [-0.39, 0.29) is 17.9 Å². The molecule has 0 aliphatic heterocycles. The highest BCUT2D eigenvalue weighted by molar-refractivity contribution is 5.77. The molecule has 1 aromatic heterocycles. The number of para-hydroxylation sites is 1. The summed E-state index contributed by atoms with van der Waals surface area (Å²) in [6, 6.07) is 13.4. The Bertz CT molecular complexity index is 618. The van der Waals surface area contributed by atoms with E-state index < -0.39 is 0 Å². The van der Waals surface area contributed by atoms with E-state index >= 15 is 0 Å². The number of hydrogen-bond acceptors (Lipinski definition) is 3. The first-order valence-electron chi connectivity index (χ1n) is 7.36. The third-order valence-electron chi connectivity index (χ3n) is 3.25. The van der Waals surface area contributed by atoms with Crippen molar-refractivity contribution in [2.24, 2.45) is 0 Å². The van der Waals surface area contributed by atoms with Gasteiger partial charge in [-0.3, -0.25) is 9.78 Å². The molecule has 0 saturated carbocycles. The van der Waals surface area contributed by atoms with Crippen molar-refractivity contribution in [2.45, 2.75) is 32.7 Å². The van der Waals surface area contributed by atoms with Gasteiger partial charge in [0.05, 0.1) is 12.2 Å². The zero-order valence-electron chi connectivity index (χ0n) is 13.3. The fourth-order valence-corrected chi connectivity index (χ4v) is 2.10. The van der Waals surface area contributed by atoms with Gasteiger partial charge in [0.2, 0.25) is 0 Å². The van der Waals surface area contributed by atoms with Crippen LogP contribution in [-0.2, 0) is 16.8 Å². The highest BCUT2D eigenvalue weighted by atomic mass is 16.5. The van der Waals surface area contributed by atoms with Gasteiger partial charge >= 0.3 is 0 Å². The predicted molar refractivity (Wildman–Crippen MR) is 86.7 cm³/mol. The molecule has 1 aromatic carbocycles. The lowest BCUT2D eigenvalue weighted by Gasteiger charge is -2.22. The number of amides is 1. The second-order valence-electron chi connectivity index (χ2n) is 6.13. The Morgan fingerprint density at radius 3 is 2.55 bits per heavy atom. The van der Waals surface area contributed by atoms with Crippen LogP contribution in [0.1, 0.15) is 32.0 Å². The average Bonchev–Trinajstić information content (AvgIpc) is 2.51. The molecule has 0 spiro atoms. The number of hydrogen-bond donors (Lipinski definition) is 1. The van der Waals surface area contributed by atoms with Crippen molar-refractivity contribution in [3.05, 3.63) is 59.9 Å². The van der Waals surface area contributed by atoms with Crippen LogP contribution in [0.4, 0.5) is 0 Å². The third kappa shape index (κ3) is 4.58. The maximum absolute atomic E-state index is 11.9. The topological polar surface area (TPSA) is 51.2 Å². The van der Waals surface area contributed by atoms with Gasteiger partial charge in [-0.2, -0.15) is 0 Å². The molecule has 0 fully saturated rings. The smallest absolute Gasteiger partial charge is 0.258 e. The van der Waals surface area contributed by atoms with Gasteiger partial charge in [0, 0.05) is 6.20 Å². The molecule has 0 aliphatic carbocycles. The number of nitrogens with zero attached hydrogens (tertiary/aromatic N) is 1. The first-order chi connectivity index (χ1) is 10.5. The first kappa shape index (κ1) is 16.0. The van der Waals surface area contributed by atoms with Crippen LogP contribution in [0.2, 0.25) is 0 Å². The Morgan fingerprint density at radius 2 is 1.86 bits per heavy atom. The molecular formula is C18H22N2O2. The maximum atomic E-state index is 11.9. The molecule has 0 bridgehead atoms. The van der Waals surface area contributed by atoms with Gasteiger partial charge < -0.3 is 10.1 Å². The highest BCUT2D eigenvalue weighted by Crippen LogP contribution is 2.30. The maximum Gasteiger partial charge on any atom is 0.258 e. The van der Waals surface area contributed by atoms with E-state index in [4.69, 9.17) is 4.74 Å². The Balaban J connectivity index is 1.89. The van der Waals surface area contributed by atoms with E-state index in [0.717, 1.165) is 17.0 Å². The minimum atomic E-state index is -0.158. The summed E-state index contributed by atoms with van der Waals surface area (Å²) in [5, 5.41) is 2.80. The van der Waals surface area contributed by atoms with Crippen LogP contribution in [0, 0.1) is 0 Å². The van der Waals surface area contributed by atoms with Gasteiger partial charge in [0.1, 0.15) is 5.75 Å². The summed E-state index contributed by atoms with van der Waals surface area (Å²) in [6.45, 7) is 6.77. The molecule has 2 aromatic rings. The minimum Gasteiger partial charge on any atom is -0.483 e. The molecule has 4 nitrogen and oxygen atoms in total. The van der Waals surface area contributed by atoms with Gasteiger partial charge in [-0.05, 0) is 29.2 Å². The third-order valence-corrected chi connectivity index (χ3v) is 3.25. The number of rotatable bonds is 5. The van der Waals surface area contributed by atoms with Crippen molar-refractivity contribution in [3.63, 3.8) is 0 Å². The predicted octanol–water partition coefficient (Wildman–Crippen LogP) is 3.07. The molecule has 1 heterocycles. The molecule has 22 heavy (non-hydrogen) atoms. The van der Waals surface area contributed by atoms with Gasteiger partial charge in [-0.25, -0.2) is 0 Å². The van der Waals surface area contributed by atoms with E-state index in [1.165, 1.54) is 0 Å². The number of carbonyl (C=O) groups excluding carboxylic acids is 1. The summed E-state index contributed by atoms with van der Waals surface area (Å²) in [4.78, 5) is 16.0. The Morgan fingerprint density at radius 1 is 1.14 bits per heavy atom. The highest BCUT2D eigenvalue weighted by Gasteiger charge is 2.18. The van der Waals surface area contributed by atoms with Crippen LogP contribution in [0.5, 0.6) is 5.75 Å². The first-order valence-corrected chi connectivity index (χ1v) is 7.36. The minimum absolute atomic E-state index is 0.0000725. The van der Waals surface area contributed by atoms with Gasteiger partial charge in [-0.15, -0.1) is 0 Å². The van der Waals surface area contributed by atoms with Gasteiger partial charge in [0.25, 0.3) is 5.91 Å². The number of aromatic nitrogens is 1. The monoisotopic (exact) mass is 298 g/mol. The summed E-state index contributed by atoms with van der Waals surface area (Å²) in [7, 11) is 0. The van der Waals surface area contributed by atoms with Crippen LogP contribution in [-0.4, -0.2) is 17.5 Å². The lowest BCUT2D eigenvalue weighted by Crippen LogP contribution is -2.29. The molecule has 0 atom stereocenters. The van der Waals surface area contributed by atoms with E-state index in [1.54, 1.807) is 6.20 Å². The molecule has 0 saturated heterocycles. The fourth-order valence-electron chi connectivity index (χ4n) is 2.10. The molecule has 116 valence electrons. The van der Waals surface area contributed by atoms with Gasteiger partial charge in [0.15, 0.2) is 6.61 Å². The Hall–Kier alpha value is -2.36. The number of benzene rings is 1. The number of pyridine rings is 1. The number of carbonyl (C=O) groups is 1. The Kier molecular flexibility index (Phi) is 5.15. The van der Waals surface area contributed by atoms with Crippen molar-refractivity contribution < 1.29 is 9.53 Å². The second kappa shape index (κ2) is 7.07. The van der Waals surface area contributed by atoms with E-state index in [1.807, 2.05) is 42.5 Å². The number of ether oxygens (including phenoxy) is 1. The lowest BCUT2D eigenvalue weighted by atomic mass is 9.86.